The first-order valence-corrected chi connectivity index (χ1v) is 3.91. The minimum atomic E-state index is -0.272. The molecule has 0 fully saturated rings. The quantitative estimate of drug-likeness (QED) is 0.722. The van der Waals surface area contributed by atoms with Crippen molar-refractivity contribution in [2.24, 2.45) is 0 Å². The van der Waals surface area contributed by atoms with Gasteiger partial charge in [-0.25, -0.2) is 4.79 Å². The van der Waals surface area contributed by atoms with Crippen LogP contribution in [0.15, 0.2) is 36.8 Å². The van der Waals surface area contributed by atoms with Crippen LogP contribution >= 0.6 is 0 Å². The number of carbonyl (C=O) groups is 1. The van der Waals surface area contributed by atoms with E-state index in [9.17, 15) is 4.79 Å². The van der Waals surface area contributed by atoms with Crippen LogP contribution in [0.5, 0.6) is 0 Å². The molecule has 0 atom stereocenters. The zero-order chi connectivity index (χ0) is 9.52. The number of carbonyl (C=O) groups excluding carboxylic acids is 1. The highest BCUT2D eigenvalue weighted by molar-refractivity contribution is 5.89. The Morgan fingerprint density at radius 2 is 2.46 bits per heavy atom. The highest BCUT2D eigenvalue weighted by Gasteiger charge is 1.96. The van der Waals surface area contributed by atoms with E-state index in [0.29, 0.717) is 5.69 Å². The monoisotopic (exact) mass is 177 g/mol. The predicted octanol–water partition coefficient (Wildman–Crippen LogP) is 1.74. The average Bonchev–Trinajstić information content (AvgIpc) is 2.16. The second-order valence-corrected chi connectivity index (χ2v) is 2.34. The summed E-state index contributed by atoms with van der Waals surface area (Å²) in [6.07, 6.45) is 6.53. The van der Waals surface area contributed by atoms with Gasteiger partial charge in [0.15, 0.2) is 0 Å². The van der Waals surface area contributed by atoms with Gasteiger partial charge in [0.25, 0.3) is 0 Å². The first-order chi connectivity index (χ1) is 6.33. The van der Waals surface area contributed by atoms with Crippen LogP contribution in [0.3, 0.4) is 0 Å². The molecule has 1 aromatic rings. The van der Waals surface area contributed by atoms with Crippen molar-refractivity contribution in [3.05, 3.63) is 36.8 Å². The van der Waals surface area contributed by atoms with Crippen molar-refractivity contribution in [2.45, 2.75) is 6.92 Å². The average molecular weight is 177 g/mol. The number of hydrogen-bond donors (Lipinski definition) is 2. The maximum Gasteiger partial charge on any atom is 0.323 e. The van der Waals surface area contributed by atoms with Crippen molar-refractivity contribution >= 4 is 11.7 Å². The zero-order valence-electron chi connectivity index (χ0n) is 7.32. The van der Waals surface area contributed by atoms with E-state index in [0.717, 1.165) is 0 Å². The number of hydrogen-bond acceptors (Lipinski definition) is 2. The maximum atomic E-state index is 11.1. The van der Waals surface area contributed by atoms with Gasteiger partial charge >= 0.3 is 6.03 Å². The summed E-state index contributed by atoms with van der Waals surface area (Å²) < 4.78 is 0. The molecule has 4 heteroatoms. The normalized spacial score (nSPS) is 9.92. The van der Waals surface area contributed by atoms with Crippen molar-refractivity contribution in [3.63, 3.8) is 0 Å². The molecule has 4 nitrogen and oxygen atoms in total. The topological polar surface area (TPSA) is 54.0 Å². The fraction of sp³-hybridized carbons (Fsp3) is 0.111. The molecule has 1 aromatic heterocycles. The van der Waals surface area contributed by atoms with E-state index in [1.165, 1.54) is 0 Å². The predicted molar refractivity (Wildman–Crippen MR) is 51.2 cm³/mol. The summed E-state index contributed by atoms with van der Waals surface area (Å²) in [5.74, 6) is 0. The minimum Gasteiger partial charge on any atom is -0.315 e. The van der Waals surface area contributed by atoms with E-state index in [1.54, 1.807) is 36.8 Å². The zero-order valence-corrected chi connectivity index (χ0v) is 7.32. The first-order valence-electron chi connectivity index (χ1n) is 3.91. The molecule has 1 heterocycles. The lowest BCUT2D eigenvalue weighted by Gasteiger charge is -2.02. The standard InChI is InChI=1S/C9H11N3O/c1-2-5-11-9(13)12-8-4-3-6-10-7-8/h2-7H,1H3,(H2,11,12,13)/b5-2+. The molecule has 13 heavy (non-hydrogen) atoms. The van der Waals surface area contributed by atoms with Crippen LogP contribution in [0.1, 0.15) is 6.92 Å². The molecule has 2 N–H and O–H groups in total. The molecular formula is C9H11N3O. The smallest absolute Gasteiger partial charge is 0.315 e. The van der Waals surface area contributed by atoms with Gasteiger partial charge in [0, 0.05) is 12.4 Å². The summed E-state index contributed by atoms with van der Waals surface area (Å²) >= 11 is 0. The van der Waals surface area contributed by atoms with Gasteiger partial charge in [0.2, 0.25) is 0 Å². The SMILES string of the molecule is C/C=C/NC(=O)Nc1cccnc1. The number of allylic oxidation sites excluding steroid dienone is 1. The van der Waals surface area contributed by atoms with Gasteiger partial charge in [0.05, 0.1) is 11.9 Å². The molecule has 68 valence electrons. The number of urea groups is 1. The molecule has 1 rings (SSSR count). The largest absolute Gasteiger partial charge is 0.323 e. The number of pyridine rings is 1. The van der Waals surface area contributed by atoms with E-state index < -0.39 is 0 Å². The lowest BCUT2D eigenvalue weighted by Crippen LogP contribution is -2.23. The third kappa shape index (κ3) is 3.37. The van der Waals surface area contributed by atoms with Gasteiger partial charge < -0.3 is 10.6 Å². The molecular weight excluding hydrogens is 166 g/mol. The summed E-state index contributed by atoms with van der Waals surface area (Å²) in [5, 5.41) is 5.14. The van der Waals surface area contributed by atoms with Gasteiger partial charge in [-0.15, -0.1) is 0 Å². The van der Waals surface area contributed by atoms with E-state index in [2.05, 4.69) is 15.6 Å². The third-order valence-corrected chi connectivity index (χ3v) is 1.30. The summed E-state index contributed by atoms with van der Waals surface area (Å²) in [5.41, 5.74) is 0.671. The Hall–Kier alpha value is -1.84. The van der Waals surface area contributed by atoms with Gasteiger partial charge in [-0.05, 0) is 19.1 Å². The Labute approximate surface area is 76.7 Å². The summed E-state index contributed by atoms with van der Waals surface area (Å²) in [4.78, 5) is 14.9. The molecule has 0 aromatic carbocycles. The Bertz CT molecular complexity index is 295. The first kappa shape index (κ1) is 9.25. The molecule has 0 spiro atoms. The molecule has 0 saturated carbocycles. The Morgan fingerprint density at radius 1 is 1.62 bits per heavy atom. The van der Waals surface area contributed by atoms with Crippen molar-refractivity contribution in [3.8, 4) is 0 Å². The molecule has 0 bridgehead atoms. The van der Waals surface area contributed by atoms with Crippen molar-refractivity contribution in [1.29, 1.82) is 0 Å². The lowest BCUT2D eigenvalue weighted by molar-refractivity contribution is 0.255. The van der Waals surface area contributed by atoms with E-state index in [1.807, 2.05) is 6.92 Å². The molecule has 0 aliphatic carbocycles. The van der Waals surface area contributed by atoms with Gasteiger partial charge in [-0.2, -0.15) is 0 Å². The van der Waals surface area contributed by atoms with Crippen LogP contribution in [0.2, 0.25) is 0 Å². The van der Waals surface area contributed by atoms with Gasteiger partial charge in [-0.3, -0.25) is 4.98 Å². The Balaban J connectivity index is 2.46. The molecule has 0 aliphatic rings. The van der Waals surface area contributed by atoms with Gasteiger partial charge in [0.1, 0.15) is 0 Å². The fourth-order valence-corrected chi connectivity index (χ4v) is 0.763. The van der Waals surface area contributed by atoms with Crippen LogP contribution in [-0.2, 0) is 0 Å². The number of aromatic nitrogens is 1. The number of amides is 2. The summed E-state index contributed by atoms with van der Waals surface area (Å²) in [6.45, 7) is 1.82. The van der Waals surface area contributed by atoms with E-state index in [4.69, 9.17) is 0 Å². The fourth-order valence-electron chi connectivity index (χ4n) is 0.763. The van der Waals surface area contributed by atoms with Crippen molar-refractivity contribution in [1.82, 2.24) is 10.3 Å². The van der Waals surface area contributed by atoms with Crippen LogP contribution in [0.25, 0.3) is 0 Å². The number of anilines is 1. The molecule has 0 saturated heterocycles. The van der Waals surface area contributed by atoms with Gasteiger partial charge in [-0.1, -0.05) is 6.08 Å². The van der Waals surface area contributed by atoms with Crippen LogP contribution in [0, 0.1) is 0 Å². The highest BCUT2D eigenvalue weighted by atomic mass is 16.2. The van der Waals surface area contributed by atoms with Crippen LogP contribution in [-0.4, -0.2) is 11.0 Å². The number of nitrogens with zero attached hydrogens (tertiary/aromatic N) is 1. The summed E-state index contributed by atoms with van der Waals surface area (Å²) in [6, 6.07) is 3.25. The lowest BCUT2D eigenvalue weighted by atomic mass is 10.4. The van der Waals surface area contributed by atoms with Crippen LogP contribution in [0.4, 0.5) is 10.5 Å². The van der Waals surface area contributed by atoms with E-state index >= 15 is 0 Å². The van der Waals surface area contributed by atoms with Crippen molar-refractivity contribution in [2.75, 3.05) is 5.32 Å². The molecule has 0 aliphatic heterocycles. The maximum absolute atomic E-state index is 11.1. The third-order valence-electron chi connectivity index (χ3n) is 1.30. The van der Waals surface area contributed by atoms with Crippen LogP contribution < -0.4 is 10.6 Å². The Kier molecular flexibility index (Phi) is 3.50. The second kappa shape index (κ2) is 4.92. The summed E-state index contributed by atoms with van der Waals surface area (Å²) in [7, 11) is 0. The van der Waals surface area contributed by atoms with Crippen molar-refractivity contribution < 1.29 is 4.79 Å². The number of rotatable bonds is 2. The Morgan fingerprint density at radius 3 is 3.08 bits per heavy atom. The minimum absolute atomic E-state index is 0.272. The molecule has 0 radical (unpaired) electrons. The molecule has 0 unspecified atom stereocenters. The van der Waals surface area contributed by atoms with E-state index in [-0.39, 0.29) is 6.03 Å². The highest BCUT2D eigenvalue weighted by Crippen LogP contribution is 2.01. The molecule has 2 amide bonds. The number of nitrogens with one attached hydrogen (secondary N) is 2. The second-order valence-electron chi connectivity index (χ2n) is 2.34.